The maximum absolute atomic E-state index is 4.12. The van der Waals surface area contributed by atoms with Gasteiger partial charge >= 0.3 is 0 Å². The standard InChI is InChI=1S/C26H30N/c1-2-11-25-23-18-21-14-7-8-15-22(21)26(20-12-5-3-6-13-20)24(23)19-27(25)16-9-4-10-17-27/h2-3,5-8,12-15,18,24-26H,1,4,9-11,16-17,19H2/q+1. The van der Waals surface area contributed by atoms with E-state index >= 15 is 0 Å². The quantitative estimate of drug-likeness (QED) is 0.482. The van der Waals surface area contributed by atoms with Gasteiger partial charge in [0.15, 0.2) is 0 Å². The lowest BCUT2D eigenvalue weighted by Gasteiger charge is -2.43. The van der Waals surface area contributed by atoms with Crippen LogP contribution in [-0.4, -0.2) is 30.2 Å². The van der Waals surface area contributed by atoms with Gasteiger partial charge in [-0.2, -0.15) is 0 Å². The van der Waals surface area contributed by atoms with Crippen LogP contribution in [-0.2, 0) is 0 Å². The number of quaternary nitrogens is 1. The van der Waals surface area contributed by atoms with E-state index in [-0.39, 0.29) is 0 Å². The molecule has 2 fully saturated rings. The van der Waals surface area contributed by atoms with Crippen LogP contribution in [0.3, 0.4) is 0 Å². The van der Waals surface area contributed by atoms with Gasteiger partial charge in [-0.3, -0.25) is 0 Å². The summed E-state index contributed by atoms with van der Waals surface area (Å²) in [4.78, 5) is 0. The first-order valence-electron chi connectivity index (χ1n) is 10.6. The summed E-state index contributed by atoms with van der Waals surface area (Å²) >= 11 is 0. The van der Waals surface area contributed by atoms with Crippen molar-refractivity contribution >= 4 is 6.08 Å². The van der Waals surface area contributed by atoms with Crippen LogP contribution in [0.1, 0.15) is 48.3 Å². The minimum atomic E-state index is 0.495. The zero-order chi connectivity index (χ0) is 18.3. The summed E-state index contributed by atoms with van der Waals surface area (Å²) in [5.41, 5.74) is 6.13. The molecule has 0 N–H and O–H groups in total. The number of piperidine rings is 1. The molecule has 0 aromatic heterocycles. The van der Waals surface area contributed by atoms with Gasteiger partial charge in [0.2, 0.25) is 0 Å². The molecule has 0 amide bonds. The second-order valence-corrected chi connectivity index (χ2v) is 8.72. The van der Waals surface area contributed by atoms with E-state index in [0.717, 1.165) is 6.42 Å². The SMILES string of the molecule is C=CCC1C2=Cc3ccccc3C(c3ccccc3)C2C[N+]12CCCCC2. The van der Waals surface area contributed by atoms with Crippen LogP contribution >= 0.6 is 0 Å². The first kappa shape index (κ1) is 17.0. The second-order valence-electron chi connectivity index (χ2n) is 8.72. The number of hydrogen-bond acceptors (Lipinski definition) is 0. The molecule has 3 atom stereocenters. The normalized spacial score (nSPS) is 28.3. The first-order chi connectivity index (χ1) is 13.3. The summed E-state index contributed by atoms with van der Waals surface area (Å²) in [6, 6.07) is 21.0. The van der Waals surface area contributed by atoms with Crippen molar-refractivity contribution in [1.29, 1.82) is 0 Å². The molecule has 3 unspecified atom stereocenters. The van der Waals surface area contributed by atoms with E-state index in [1.54, 1.807) is 5.57 Å². The number of hydrogen-bond donors (Lipinski definition) is 0. The molecule has 0 radical (unpaired) electrons. The third kappa shape index (κ3) is 2.72. The monoisotopic (exact) mass is 356 g/mol. The third-order valence-corrected chi connectivity index (χ3v) is 7.35. The number of fused-ring (bicyclic) bond motifs is 2. The minimum absolute atomic E-state index is 0.495. The highest BCUT2D eigenvalue weighted by atomic mass is 15.4. The zero-order valence-corrected chi connectivity index (χ0v) is 16.2. The van der Waals surface area contributed by atoms with Crippen LogP contribution in [0, 0.1) is 5.92 Å². The summed E-state index contributed by atoms with van der Waals surface area (Å²) < 4.78 is 1.31. The zero-order valence-electron chi connectivity index (χ0n) is 16.2. The summed E-state index contributed by atoms with van der Waals surface area (Å²) in [6.07, 6.45) is 10.0. The van der Waals surface area contributed by atoms with Crippen molar-refractivity contribution in [3.8, 4) is 0 Å². The van der Waals surface area contributed by atoms with Gasteiger partial charge in [0.1, 0.15) is 6.04 Å². The molecule has 2 heterocycles. The van der Waals surface area contributed by atoms with Crippen molar-refractivity contribution in [3.63, 3.8) is 0 Å². The Morgan fingerprint density at radius 3 is 2.44 bits per heavy atom. The maximum Gasteiger partial charge on any atom is 0.115 e. The summed E-state index contributed by atoms with van der Waals surface area (Å²) in [5.74, 6) is 1.12. The molecule has 5 rings (SSSR count). The van der Waals surface area contributed by atoms with Crippen molar-refractivity contribution in [2.45, 2.75) is 37.6 Å². The van der Waals surface area contributed by atoms with Crippen LogP contribution < -0.4 is 0 Å². The predicted molar refractivity (Wildman–Crippen MR) is 114 cm³/mol. The summed E-state index contributed by atoms with van der Waals surface area (Å²) in [5, 5.41) is 0. The van der Waals surface area contributed by atoms with Gasteiger partial charge in [0, 0.05) is 18.3 Å². The van der Waals surface area contributed by atoms with Crippen LogP contribution in [0.2, 0.25) is 0 Å². The minimum Gasteiger partial charge on any atom is -0.317 e. The van der Waals surface area contributed by atoms with Crippen LogP contribution in [0.5, 0.6) is 0 Å². The Morgan fingerprint density at radius 2 is 1.67 bits per heavy atom. The van der Waals surface area contributed by atoms with E-state index < -0.39 is 0 Å². The van der Waals surface area contributed by atoms with Crippen molar-refractivity contribution in [2.75, 3.05) is 19.6 Å². The lowest BCUT2D eigenvalue weighted by molar-refractivity contribution is -0.942. The third-order valence-electron chi connectivity index (χ3n) is 7.35. The lowest BCUT2D eigenvalue weighted by Crippen LogP contribution is -2.55. The van der Waals surface area contributed by atoms with E-state index in [1.165, 1.54) is 60.1 Å². The van der Waals surface area contributed by atoms with Crippen LogP contribution in [0.25, 0.3) is 6.08 Å². The van der Waals surface area contributed by atoms with Gasteiger partial charge in [-0.25, -0.2) is 0 Å². The second kappa shape index (κ2) is 6.80. The predicted octanol–water partition coefficient (Wildman–Crippen LogP) is 5.79. The molecule has 2 aromatic carbocycles. The van der Waals surface area contributed by atoms with Crippen molar-refractivity contribution in [1.82, 2.24) is 0 Å². The molecule has 1 spiro atoms. The van der Waals surface area contributed by atoms with E-state index in [9.17, 15) is 0 Å². The molecule has 2 aliphatic heterocycles. The fourth-order valence-electron chi connectivity index (χ4n) is 6.24. The summed E-state index contributed by atoms with van der Waals surface area (Å²) in [6.45, 7) is 8.13. The molecule has 3 aliphatic rings. The Balaban J connectivity index is 1.66. The van der Waals surface area contributed by atoms with Crippen molar-refractivity contribution < 1.29 is 4.48 Å². The number of rotatable bonds is 3. The van der Waals surface area contributed by atoms with E-state index in [4.69, 9.17) is 0 Å². The molecule has 0 saturated carbocycles. The molecular weight excluding hydrogens is 326 g/mol. The highest BCUT2D eigenvalue weighted by Crippen LogP contribution is 2.52. The molecule has 1 aliphatic carbocycles. The Morgan fingerprint density at radius 1 is 0.926 bits per heavy atom. The molecule has 0 bridgehead atoms. The van der Waals surface area contributed by atoms with Crippen molar-refractivity contribution in [2.24, 2.45) is 5.92 Å². The van der Waals surface area contributed by atoms with Crippen LogP contribution in [0.4, 0.5) is 0 Å². The molecule has 138 valence electrons. The van der Waals surface area contributed by atoms with E-state index in [2.05, 4.69) is 73.3 Å². The Bertz CT molecular complexity index is 857. The van der Waals surface area contributed by atoms with E-state index in [0.29, 0.717) is 17.9 Å². The van der Waals surface area contributed by atoms with Gasteiger partial charge in [-0.15, -0.1) is 6.58 Å². The smallest absolute Gasteiger partial charge is 0.115 e. The van der Waals surface area contributed by atoms with Crippen molar-refractivity contribution in [3.05, 3.63) is 89.5 Å². The molecule has 2 aromatic rings. The highest BCUT2D eigenvalue weighted by Gasteiger charge is 2.53. The lowest BCUT2D eigenvalue weighted by atomic mass is 9.71. The molecule has 1 nitrogen and oxygen atoms in total. The molecule has 1 heteroatoms. The van der Waals surface area contributed by atoms with Gasteiger partial charge in [-0.1, -0.05) is 60.7 Å². The van der Waals surface area contributed by atoms with Crippen LogP contribution in [0.15, 0.2) is 72.8 Å². The van der Waals surface area contributed by atoms with Gasteiger partial charge in [-0.05, 0) is 47.6 Å². The Hall–Kier alpha value is -2.12. The first-order valence-corrected chi connectivity index (χ1v) is 10.6. The largest absolute Gasteiger partial charge is 0.317 e. The fourth-order valence-corrected chi connectivity index (χ4v) is 6.24. The van der Waals surface area contributed by atoms with Gasteiger partial charge in [0.25, 0.3) is 0 Å². The fraction of sp³-hybridized carbons (Fsp3) is 0.385. The molecule has 27 heavy (non-hydrogen) atoms. The van der Waals surface area contributed by atoms with Gasteiger partial charge in [0.05, 0.1) is 19.6 Å². The Labute approximate surface area is 163 Å². The Kier molecular flexibility index (Phi) is 4.28. The topological polar surface area (TPSA) is 0 Å². The van der Waals surface area contributed by atoms with E-state index in [1.807, 2.05) is 0 Å². The molecular formula is C26H30N+. The van der Waals surface area contributed by atoms with Gasteiger partial charge < -0.3 is 4.48 Å². The number of benzene rings is 2. The highest BCUT2D eigenvalue weighted by molar-refractivity contribution is 5.65. The summed E-state index contributed by atoms with van der Waals surface area (Å²) in [7, 11) is 0. The average molecular weight is 357 g/mol. The maximum atomic E-state index is 4.12. The average Bonchev–Trinajstić information content (AvgIpc) is 3.00. The number of nitrogens with zero attached hydrogens (tertiary/aromatic N) is 1. The molecule has 2 saturated heterocycles.